The molecule has 0 radical (unpaired) electrons. The van der Waals surface area contributed by atoms with Gasteiger partial charge in [-0.15, -0.1) is 0 Å². The maximum atomic E-state index is 13.4. The number of nitrogens with one attached hydrogen (secondary N) is 1. The van der Waals surface area contributed by atoms with Gasteiger partial charge >= 0.3 is 5.97 Å². The molecule has 5 heteroatoms. The molecular formula is C38H42N2O3. The van der Waals surface area contributed by atoms with Gasteiger partial charge in [0.05, 0.1) is 5.56 Å². The summed E-state index contributed by atoms with van der Waals surface area (Å²) in [6.07, 6.45) is 2.33. The summed E-state index contributed by atoms with van der Waals surface area (Å²) < 4.78 is 13.2. The molecule has 0 bridgehead atoms. The molecule has 2 aliphatic heterocycles. The lowest BCUT2D eigenvalue weighted by atomic mass is 9.77. The second-order valence-electron chi connectivity index (χ2n) is 12.9. The lowest BCUT2D eigenvalue weighted by molar-refractivity contribution is 0.0224. The number of ether oxygens (including phenoxy) is 2. The number of hydrogen-bond acceptors (Lipinski definition) is 5. The summed E-state index contributed by atoms with van der Waals surface area (Å²) in [7, 11) is 0. The van der Waals surface area contributed by atoms with Crippen LogP contribution in [0, 0.1) is 25.7 Å². The fourth-order valence-corrected chi connectivity index (χ4v) is 6.47. The molecule has 0 saturated carbocycles. The Kier molecular flexibility index (Phi) is 7.68. The van der Waals surface area contributed by atoms with Gasteiger partial charge in [-0.05, 0) is 92.1 Å². The van der Waals surface area contributed by atoms with Crippen LogP contribution in [-0.4, -0.2) is 19.1 Å². The van der Waals surface area contributed by atoms with Gasteiger partial charge in [0.2, 0.25) is 0 Å². The number of esters is 1. The van der Waals surface area contributed by atoms with Crippen molar-refractivity contribution in [2.75, 3.05) is 23.3 Å². The zero-order chi connectivity index (χ0) is 30.3. The van der Waals surface area contributed by atoms with Crippen molar-refractivity contribution in [2.24, 2.45) is 11.8 Å². The Labute approximate surface area is 255 Å². The van der Waals surface area contributed by atoms with E-state index < -0.39 is 5.60 Å². The number of rotatable bonds is 9. The number of nitrogens with zero attached hydrogens (tertiary/aromatic N) is 1. The fourth-order valence-electron chi connectivity index (χ4n) is 6.47. The predicted octanol–water partition coefficient (Wildman–Crippen LogP) is 9.51. The molecule has 5 nitrogen and oxygen atoms in total. The minimum atomic E-state index is -1.10. The summed E-state index contributed by atoms with van der Waals surface area (Å²) in [5.41, 5.74) is 7.30. The number of carbonyl (C=O) groups is 1. The maximum absolute atomic E-state index is 13.4. The molecule has 4 aromatic carbocycles. The van der Waals surface area contributed by atoms with Crippen molar-refractivity contribution in [3.63, 3.8) is 0 Å². The fraction of sp³-hybridized carbons (Fsp3) is 0.342. The summed E-state index contributed by atoms with van der Waals surface area (Å²) in [6, 6.07) is 26.6. The first kappa shape index (κ1) is 28.9. The number of hydrogen-bond donors (Lipinski definition) is 1. The van der Waals surface area contributed by atoms with Gasteiger partial charge < -0.3 is 19.7 Å². The minimum absolute atomic E-state index is 0.317. The van der Waals surface area contributed by atoms with Crippen molar-refractivity contribution in [3.05, 3.63) is 112 Å². The normalized spacial score (nSPS) is 16.5. The van der Waals surface area contributed by atoms with Crippen LogP contribution >= 0.6 is 0 Å². The number of carbonyl (C=O) groups excluding carboxylic acids is 1. The standard InChI is InChI=1S/C38H42N2O3/c1-24(2)11-10-18-40(23-25(3)4)29-16-17-32-36(21-29)42-35-20-27(6)34(39-28-13-9-12-26(5)19-28)22-33(35)38(32)31-15-8-7-14-30(31)37(41)43-38/h7-9,12-17,19-22,24-25,39H,10-11,18,23H2,1-6H3. The first-order chi connectivity index (χ1) is 20.7. The average Bonchev–Trinajstić information content (AvgIpc) is 3.25. The Morgan fingerprint density at radius 1 is 0.814 bits per heavy atom. The summed E-state index contributed by atoms with van der Waals surface area (Å²) in [6.45, 7) is 15.2. The van der Waals surface area contributed by atoms with Gasteiger partial charge in [0.15, 0.2) is 5.60 Å². The van der Waals surface area contributed by atoms with E-state index >= 15 is 0 Å². The van der Waals surface area contributed by atoms with E-state index in [1.165, 1.54) is 12.0 Å². The van der Waals surface area contributed by atoms with Crippen LogP contribution in [0.1, 0.15) is 78.7 Å². The van der Waals surface area contributed by atoms with Crippen molar-refractivity contribution < 1.29 is 14.3 Å². The van der Waals surface area contributed by atoms with Gasteiger partial charge in [0.25, 0.3) is 0 Å². The smallest absolute Gasteiger partial charge is 0.340 e. The highest BCUT2D eigenvalue weighted by molar-refractivity contribution is 5.97. The molecule has 1 spiro atoms. The Balaban J connectivity index is 1.48. The van der Waals surface area contributed by atoms with Gasteiger partial charge in [-0.3, -0.25) is 0 Å². The molecule has 2 aliphatic rings. The highest BCUT2D eigenvalue weighted by atomic mass is 16.6. The zero-order valence-corrected chi connectivity index (χ0v) is 26.2. The van der Waals surface area contributed by atoms with Crippen LogP contribution in [0.2, 0.25) is 0 Å². The van der Waals surface area contributed by atoms with Gasteiger partial charge in [-0.1, -0.05) is 58.0 Å². The van der Waals surface area contributed by atoms with Crippen LogP contribution < -0.4 is 15.0 Å². The summed E-state index contributed by atoms with van der Waals surface area (Å²) in [5.74, 6) is 2.31. The van der Waals surface area contributed by atoms with Crippen molar-refractivity contribution >= 4 is 23.0 Å². The summed E-state index contributed by atoms with van der Waals surface area (Å²) >= 11 is 0. The van der Waals surface area contributed by atoms with Crippen LogP contribution in [0.3, 0.4) is 0 Å². The first-order valence-electron chi connectivity index (χ1n) is 15.5. The van der Waals surface area contributed by atoms with Crippen LogP contribution in [0.25, 0.3) is 0 Å². The highest BCUT2D eigenvalue weighted by Crippen LogP contribution is 2.57. The number of aryl methyl sites for hydroxylation is 2. The first-order valence-corrected chi connectivity index (χ1v) is 15.5. The van der Waals surface area contributed by atoms with Gasteiger partial charge in [-0.25, -0.2) is 4.79 Å². The largest absolute Gasteiger partial charge is 0.456 e. The van der Waals surface area contributed by atoms with Gasteiger partial charge in [0.1, 0.15) is 11.5 Å². The van der Waals surface area contributed by atoms with E-state index in [-0.39, 0.29) is 5.97 Å². The monoisotopic (exact) mass is 574 g/mol. The van der Waals surface area contributed by atoms with Crippen LogP contribution in [0.5, 0.6) is 11.5 Å². The quantitative estimate of drug-likeness (QED) is 0.202. The molecule has 43 heavy (non-hydrogen) atoms. The van der Waals surface area contributed by atoms with Crippen molar-refractivity contribution in [1.82, 2.24) is 0 Å². The maximum Gasteiger partial charge on any atom is 0.340 e. The molecule has 1 atom stereocenters. The zero-order valence-electron chi connectivity index (χ0n) is 26.2. The van der Waals surface area contributed by atoms with E-state index in [2.05, 4.69) is 100 Å². The predicted molar refractivity (Wildman–Crippen MR) is 175 cm³/mol. The third kappa shape index (κ3) is 5.37. The average molecular weight is 575 g/mol. The summed E-state index contributed by atoms with van der Waals surface area (Å²) in [4.78, 5) is 15.9. The minimum Gasteiger partial charge on any atom is -0.456 e. The lowest BCUT2D eigenvalue weighted by Crippen LogP contribution is -2.34. The van der Waals surface area contributed by atoms with E-state index in [0.717, 1.165) is 64.6 Å². The topological polar surface area (TPSA) is 50.8 Å². The molecule has 1 unspecified atom stereocenters. The third-order valence-corrected chi connectivity index (χ3v) is 8.50. The second-order valence-corrected chi connectivity index (χ2v) is 12.9. The van der Waals surface area contributed by atoms with Crippen molar-refractivity contribution in [3.8, 4) is 11.5 Å². The summed E-state index contributed by atoms with van der Waals surface area (Å²) in [5, 5.41) is 3.60. The molecule has 0 aromatic heterocycles. The van der Waals surface area contributed by atoms with E-state index in [0.29, 0.717) is 23.1 Å². The van der Waals surface area contributed by atoms with Crippen LogP contribution in [0.4, 0.5) is 17.1 Å². The molecule has 2 heterocycles. The Hall–Kier alpha value is -4.25. The molecule has 0 aliphatic carbocycles. The molecule has 1 N–H and O–H groups in total. The van der Waals surface area contributed by atoms with Crippen LogP contribution in [-0.2, 0) is 10.3 Å². The van der Waals surface area contributed by atoms with Crippen molar-refractivity contribution in [1.29, 1.82) is 0 Å². The highest BCUT2D eigenvalue weighted by Gasteiger charge is 2.53. The SMILES string of the molecule is Cc1cccc(Nc2cc3c(cc2C)Oc2cc(N(CCCC(C)C)CC(C)C)ccc2C32OC(=O)c3ccccc32)c1. The Morgan fingerprint density at radius 3 is 2.37 bits per heavy atom. The molecule has 222 valence electrons. The number of benzene rings is 4. The Bertz CT molecular complexity index is 1670. The van der Waals surface area contributed by atoms with E-state index in [1.807, 2.05) is 30.3 Å². The molecule has 6 rings (SSSR count). The van der Waals surface area contributed by atoms with Gasteiger partial charge in [-0.2, -0.15) is 0 Å². The molecule has 4 aromatic rings. The van der Waals surface area contributed by atoms with Gasteiger partial charge in [0, 0.05) is 52.9 Å². The second kappa shape index (κ2) is 11.4. The van der Waals surface area contributed by atoms with E-state index in [9.17, 15) is 4.79 Å². The molecule has 0 amide bonds. The number of fused-ring (bicyclic) bond motifs is 6. The van der Waals surface area contributed by atoms with Crippen LogP contribution in [0.15, 0.2) is 78.9 Å². The lowest BCUT2D eigenvalue weighted by Gasteiger charge is -2.38. The molecule has 0 saturated heterocycles. The Morgan fingerprint density at radius 2 is 1.60 bits per heavy atom. The molecule has 0 fully saturated rings. The molecular weight excluding hydrogens is 532 g/mol. The van der Waals surface area contributed by atoms with Crippen molar-refractivity contribution in [2.45, 2.75) is 60.0 Å². The van der Waals surface area contributed by atoms with E-state index in [1.54, 1.807) is 0 Å². The number of anilines is 3. The third-order valence-electron chi connectivity index (χ3n) is 8.50. The van der Waals surface area contributed by atoms with E-state index in [4.69, 9.17) is 9.47 Å².